The Labute approximate surface area is 83.0 Å². The first-order valence-corrected chi connectivity index (χ1v) is 4.94. The average Bonchev–Trinajstić information content (AvgIpc) is 2.18. The van der Waals surface area contributed by atoms with Gasteiger partial charge in [0, 0.05) is 13.1 Å². The number of alkyl halides is 1. The lowest BCUT2D eigenvalue weighted by atomic mass is 10.1. The largest absolute Gasteiger partial charge is 0.506 e. The molecular weight excluding hydrogens is 181 g/mol. The van der Waals surface area contributed by atoms with Crippen LogP contribution in [0.25, 0.3) is 0 Å². The number of aromatic hydroxyl groups is 1. The van der Waals surface area contributed by atoms with Gasteiger partial charge in [-0.1, -0.05) is 12.1 Å². The van der Waals surface area contributed by atoms with Crippen LogP contribution in [0.4, 0.5) is 10.1 Å². The first kappa shape index (κ1) is 9.31. The van der Waals surface area contributed by atoms with Crippen molar-refractivity contribution >= 4 is 5.69 Å². The van der Waals surface area contributed by atoms with E-state index in [0.29, 0.717) is 13.0 Å². The Kier molecular flexibility index (Phi) is 2.57. The maximum Gasteiger partial charge on any atom is 0.138 e. The number of nitrogens with zero attached hydrogens (tertiary/aromatic N) is 1. The van der Waals surface area contributed by atoms with Crippen LogP contribution in [0, 0.1) is 0 Å². The standard InChI is InChI=1S/C11H14FNO/c12-9-4-3-7-13(8-9)10-5-1-2-6-11(10)14/h1-2,5-6,9,14H,3-4,7-8H2. The fourth-order valence-corrected chi connectivity index (χ4v) is 1.88. The van der Waals surface area contributed by atoms with Gasteiger partial charge in [-0.3, -0.25) is 0 Å². The number of hydrogen-bond acceptors (Lipinski definition) is 2. The van der Waals surface area contributed by atoms with E-state index >= 15 is 0 Å². The summed E-state index contributed by atoms with van der Waals surface area (Å²) in [6, 6.07) is 7.09. The molecule has 1 N–H and O–H groups in total. The summed E-state index contributed by atoms with van der Waals surface area (Å²) in [4.78, 5) is 1.91. The number of phenols is 1. The number of halogens is 1. The van der Waals surface area contributed by atoms with E-state index < -0.39 is 6.17 Å². The van der Waals surface area contributed by atoms with Gasteiger partial charge in [-0.2, -0.15) is 0 Å². The van der Waals surface area contributed by atoms with Gasteiger partial charge in [0.25, 0.3) is 0 Å². The van der Waals surface area contributed by atoms with Crippen LogP contribution in [0.3, 0.4) is 0 Å². The number of para-hydroxylation sites is 2. The minimum atomic E-state index is -0.761. The van der Waals surface area contributed by atoms with Gasteiger partial charge in [-0.05, 0) is 25.0 Å². The lowest BCUT2D eigenvalue weighted by Crippen LogP contribution is -2.36. The molecule has 1 saturated heterocycles. The molecule has 1 aliphatic heterocycles. The predicted octanol–water partition coefficient (Wildman–Crippen LogP) is 2.33. The summed E-state index contributed by atoms with van der Waals surface area (Å²) in [5, 5.41) is 9.58. The van der Waals surface area contributed by atoms with Crippen LogP contribution in [0.2, 0.25) is 0 Å². The van der Waals surface area contributed by atoms with Gasteiger partial charge in [0.05, 0.1) is 5.69 Å². The van der Waals surface area contributed by atoms with E-state index in [1.165, 1.54) is 0 Å². The third-order valence-corrected chi connectivity index (χ3v) is 2.59. The van der Waals surface area contributed by atoms with Gasteiger partial charge in [0.2, 0.25) is 0 Å². The number of rotatable bonds is 1. The molecule has 0 radical (unpaired) electrons. The van der Waals surface area contributed by atoms with E-state index in [9.17, 15) is 9.50 Å². The molecule has 1 aliphatic rings. The molecule has 0 amide bonds. The quantitative estimate of drug-likeness (QED) is 0.743. The summed E-state index contributed by atoms with van der Waals surface area (Å²) in [5.41, 5.74) is 0.745. The monoisotopic (exact) mass is 195 g/mol. The second-order valence-electron chi connectivity index (χ2n) is 3.67. The van der Waals surface area contributed by atoms with Crippen LogP contribution in [0.5, 0.6) is 5.75 Å². The van der Waals surface area contributed by atoms with Crippen molar-refractivity contribution < 1.29 is 9.50 Å². The van der Waals surface area contributed by atoms with E-state index in [2.05, 4.69) is 0 Å². The molecule has 0 saturated carbocycles. The first-order chi connectivity index (χ1) is 6.77. The lowest BCUT2D eigenvalue weighted by molar-refractivity contribution is 0.286. The zero-order chi connectivity index (χ0) is 9.97. The molecule has 1 fully saturated rings. The third-order valence-electron chi connectivity index (χ3n) is 2.59. The van der Waals surface area contributed by atoms with Crippen LogP contribution < -0.4 is 4.90 Å². The van der Waals surface area contributed by atoms with Gasteiger partial charge >= 0.3 is 0 Å². The molecule has 1 atom stereocenters. The molecular formula is C11H14FNO. The topological polar surface area (TPSA) is 23.5 Å². The maximum atomic E-state index is 13.1. The summed E-state index contributed by atoms with van der Waals surface area (Å²) in [5.74, 6) is 0.238. The highest BCUT2D eigenvalue weighted by Gasteiger charge is 2.20. The van der Waals surface area contributed by atoms with Crippen molar-refractivity contribution in [3.63, 3.8) is 0 Å². The molecule has 0 spiro atoms. The van der Waals surface area contributed by atoms with Crippen molar-refractivity contribution in [2.75, 3.05) is 18.0 Å². The molecule has 0 aromatic heterocycles. The first-order valence-electron chi connectivity index (χ1n) is 4.94. The molecule has 14 heavy (non-hydrogen) atoms. The molecule has 1 unspecified atom stereocenters. The lowest BCUT2D eigenvalue weighted by Gasteiger charge is -2.31. The van der Waals surface area contributed by atoms with Crippen LogP contribution in [-0.4, -0.2) is 24.4 Å². The molecule has 2 rings (SSSR count). The molecule has 0 aliphatic carbocycles. The minimum Gasteiger partial charge on any atom is -0.506 e. The van der Waals surface area contributed by atoms with Gasteiger partial charge in [0.1, 0.15) is 11.9 Å². The highest BCUT2D eigenvalue weighted by atomic mass is 19.1. The van der Waals surface area contributed by atoms with E-state index in [-0.39, 0.29) is 5.75 Å². The van der Waals surface area contributed by atoms with E-state index in [0.717, 1.165) is 18.7 Å². The fourth-order valence-electron chi connectivity index (χ4n) is 1.88. The Morgan fingerprint density at radius 3 is 2.86 bits per heavy atom. The molecule has 3 heteroatoms. The normalized spacial score (nSPS) is 22.4. The van der Waals surface area contributed by atoms with Gasteiger partial charge < -0.3 is 10.0 Å². The van der Waals surface area contributed by atoms with Crippen molar-refractivity contribution in [1.82, 2.24) is 0 Å². The minimum absolute atomic E-state index is 0.238. The van der Waals surface area contributed by atoms with Crippen molar-refractivity contribution in [1.29, 1.82) is 0 Å². The summed E-state index contributed by atoms with van der Waals surface area (Å²) in [7, 11) is 0. The average molecular weight is 195 g/mol. The van der Waals surface area contributed by atoms with Gasteiger partial charge in [-0.25, -0.2) is 4.39 Å². The SMILES string of the molecule is Oc1ccccc1N1CCCC(F)C1. The van der Waals surface area contributed by atoms with Crippen LogP contribution in [-0.2, 0) is 0 Å². The highest BCUT2D eigenvalue weighted by Crippen LogP contribution is 2.29. The smallest absolute Gasteiger partial charge is 0.138 e. The maximum absolute atomic E-state index is 13.1. The van der Waals surface area contributed by atoms with Crippen molar-refractivity contribution in [2.45, 2.75) is 19.0 Å². The summed E-state index contributed by atoms with van der Waals surface area (Å²) in [6.07, 6.45) is 0.739. The number of benzene rings is 1. The third kappa shape index (κ3) is 1.81. The summed E-state index contributed by atoms with van der Waals surface area (Å²) in [6.45, 7) is 1.23. The molecule has 76 valence electrons. The number of phenolic OH excluding ortho intramolecular Hbond substituents is 1. The molecule has 2 nitrogen and oxygen atoms in total. The summed E-state index contributed by atoms with van der Waals surface area (Å²) < 4.78 is 13.1. The van der Waals surface area contributed by atoms with Crippen molar-refractivity contribution in [2.24, 2.45) is 0 Å². The Hall–Kier alpha value is -1.25. The van der Waals surface area contributed by atoms with Gasteiger partial charge in [-0.15, -0.1) is 0 Å². The zero-order valence-corrected chi connectivity index (χ0v) is 7.99. The van der Waals surface area contributed by atoms with E-state index in [1.807, 2.05) is 17.0 Å². The second-order valence-corrected chi connectivity index (χ2v) is 3.67. The molecule has 1 aromatic rings. The zero-order valence-electron chi connectivity index (χ0n) is 7.99. The van der Waals surface area contributed by atoms with E-state index in [1.54, 1.807) is 12.1 Å². The van der Waals surface area contributed by atoms with Crippen LogP contribution >= 0.6 is 0 Å². The highest BCUT2D eigenvalue weighted by molar-refractivity contribution is 5.57. The van der Waals surface area contributed by atoms with Crippen LogP contribution in [0.1, 0.15) is 12.8 Å². The van der Waals surface area contributed by atoms with Crippen molar-refractivity contribution in [3.05, 3.63) is 24.3 Å². The Morgan fingerprint density at radius 1 is 1.36 bits per heavy atom. The Balaban J connectivity index is 2.18. The van der Waals surface area contributed by atoms with Gasteiger partial charge in [0.15, 0.2) is 0 Å². The second kappa shape index (κ2) is 3.86. The number of hydrogen-bond donors (Lipinski definition) is 1. The molecule has 0 bridgehead atoms. The number of anilines is 1. The Morgan fingerprint density at radius 2 is 2.14 bits per heavy atom. The molecule has 1 aromatic carbocycles. The summed E-state index contributed by atoms with van der Waals surface area (Å²) >= 11 is 0. The Bertz CT molecular complexity index is 316. The fraction of sp³-hybridized carbons (Fsp3) is 0.455. The number of piperidine rings is 1. The molecule has 1 heterocycles. The predicted molar refractivity (Wildman–Crippen MR) is 54.4 cm³/mol. The van der Waals surface area contributed by atoms with E-state index in [4.69, 9.17) is 0 Å². The van der Waals surface area contributed by atoms with Crippen LogP contribution in [0.15, 0.2) is 24.3 Å². The van der Waals surface area contributed by atoms with Crippen molar-refractivity contribution in [3.8, 4) is 5.75 Å².